The first-order valence-corrected chi connectivity index (χ1v) is 9.32. The Hall–Kier alpha value is -2.38. The van der Waals surface area contributed by atoms with Gasteiger partial charge in [-0.25, -0.2) is 9.59 Å². The van der Waals surface area contributed by atoms with E-state index in [1.165, 1.54) is 4.90 Å². The lowest BCUT2D eigenvalue weighted by Gasteiger charge is -2.37. The number of amides is 2. The topological polar surface area (TPSA) is 71.1 Å². The number of nitrogens with zero attached hydrogens (tertiary/aromatic N) is 2. The quantitative estimate of drug-likeness (QED) is 0.798. The molecule has 1 N–H and O–H groups in total. The van der Waals surface area contributed by atoms with Gasteiger partial charge in [0.25, 0.3) is 0 Å². The van der Waals surface area contributed by atoms with E-state index in [9.17, 15) is 9.59 Å². The number of esters is 1. The number of hydrogen-bond acceptors (Lipinski definition) is 5. The number of ether oxygens (including phenoxy) is 2. The molecule has 2 heterocycles. The summed E-state index contributed by atoms with van der Waals surface area (Å²) >= 11 is 0. The molecule has 2 aliphatic heterocycles. The molecule has 0 radical (unpaired) electrons. The fourth-order valence-corrected chi connectivity index (χ4v) is 3.47. The predicted molar refractivity (Wildman–Crippen MR) is 101 cm³/mol. The van der Waals surface area contributed by atoms with Gasteiger partial charge in [-0.05, 0) is 19.4 Å². The molecule has 1 aromatic rings. The highest BCUT2D eigenvalue weighted by Crippen LogP contribution is 2.31. The van der Waals surface area contributed by atoms with Crippen molar-refractivity contribution < 1.29 is 19.1 Å². The third-order valence-corrected chi connectivity index (χ3v) is 4.92. The number of urea groups is 1. The van der Waals surface area contributed by atoms with Crippen LogP contribution in [0.2, 0.25) is 0 Å². The first-order chi connectivity index (χ1) is 13.0. The maximum atomic E-state index is 12.9. The van der Waals surface area contributed by atoms with Gasteiger partial charge in [0.2, 0.25) is 0 Å². The van der Waals surface area contributed by atoms with Crippen molar-refractivity contribution in [2.24, 2.45) is 0 Å². The predicted octanol–water partition coefficient (Wildman–Crippen LogP) is 1.84. The normalized spacial score (nSPS) is 21.2. The molecule has 0 saturated carbocycles. The SMILES string of the molecule is CCOC(=O)C1=C(CN2CCOCC2)N(C)C(=O)NC1c1cccc(C)c1. The molecule has 7 heteroatoms. The van der Waals surface area contributed by atoms with Gasteiger partial charge in [-0.15, -0.1) is 0 Å². The second-order valence-electron chi connectivity index (χ2n) is 6.83. The van der Waals surface area contributed by atoms with Crippen molar-refractivity contribution in [2.75, 3.05) is 46.5 Å². The van der Waals surface area contributed by atoms with E-state index in [-0.39, 0.29) is 18.6 Å². The summed E-state index contributed by atoms with van der Waals surface area (Å²) in [5.41, 5.74) is 3.12. The van der Waals surface area contributed by atoms with Gasteiger partial charge in [-0.1, -0.05) is 29.8 Å². The van der Waals surface area contributed by atoms with E-state index in [0.29, 0.717) is 31.0 Å². The molecule has 146 valence electrons. The third kappa shape index (κ3) is 4.31. The summed E-state index contributed by atoms with van der Waals surface area (Å²) in [6.45, 7) is 7.40. The van der Waals surface area contributed by atoms with E-state index < -0.39 is 6.04 Å². The van der Waals surface area contributed by atoms with Gasteiger partial charge in [-0.2, -0.15) is 0 Å². The summed E-state index contributed by atoms with van der Waals surface area (Å²) in [5.74, 6) is -0.390. The van der Waals surface area contributed by atoms with E-state index in [1.807, 2.05) is 31.2 Å². The zero-order chi connectivity index (χ0) is 19.4. The zero-order valence-corrected chi connectivity index (χ0v) is 16.2. The lowest BCUT2D eigenvalue weighted by Crippen LogP contribution is -2.50. The first-order valence-electron chi connectivity index (χ1n) is 9.32. The maximum absolute atomic E-state index is 12.9. The van der Waals surface area contributed by atoms with Crippen LogP contribution < -0.4 is 5.32 Å². The number of hydrogen-bond donors (Lipinski definition) is 1. The molecule has 1 unspecified atom stereocenters. The van der Waals surface area contributed by atoms with Crippen molar-refractivity contribution in [2.45, 2.75) is 19.9 Å². The fraction of sp³-hybridized carbons (Fsp3) is 0.500. The maximum Gasteiger partial charge on any atom is 0.338 e. The highest BCUT2D eigenvalue weighted by Gasteiger charge is 2.37. The number of rotatable bonds is 5. The minimum absolute atomic E-state index is 0.224. The summed E-state index contributed by atoms with van der Waals surface area (Å²) in [7, 11) is 1.69. The van der Waals surface area contributed by atoms with Crippen LogP contribution in [-0.2, 0) is 14.3 Å². The Morgan fingerprint density at radius 2 is 2.07 bits per heavy atom. The number of carbonyl (C=O) groups is 2. The van der Waals surface area contributed by atoms with Crippen LogP contribution in [0, 0.1) is 6.92 Å². The van der Waals surface area contributed by atoms with Gasteiger partial charge in [0.1, 0.15) is 0 Å². The highest BCUT2D eigenvalue weighted by atomic mass is 16.5. The molecule has 0 spiro atoms. The molecular formula is C20H27N3O4. The number of carbonyl (C=O) groups excluding carboxylic acids is 2. The summed E-state index contributed by atoms with van der Waals surface area (Å²) in [5, 5.41) is 2.95. The third-order valence-electron chi connectivity index (χ3n) is 4.92. The van der Waals surface area contributed by atoms with Crippen LogP contribution in [-0.4, -0.2) is 68.3 Å². The van der Waals surface area contributed by atoms with Crippen molar-refractivity contribution in [3.05, 3.63) is 46.7 Å². The molecule has 0 bridgehead atoms. The average Bonchev–Trinajstić information content (AvgIpc) is 2.66. The fourth-order valence-electron chi connectivity index (χ4n) is 3.47. The molecule has 0 aromatic heterocycles. The number of benzene rings is 1. The number of nitrogens with one attached hydrogen (secondary N) is 1. The van der Waals surface area contributed by atoms with E-state index in [4.69, 9.17) is 9.47 Å². The van der Waals surface area contributed by atoms with Crippen molar-refractivity contribution >= 4 is 12.0 Å². The van der Waals surface area contributed by atoms with Crippen molar-refractivity contribution in [3.8, 4) is 0 Å². The average molecular weight is 373 g/mol. The van der Waals surface area contributed by atoms with E-state index in [2.05, 4.69) is 10.2 Å². The number of aryl methyl sites for hydroxylation is 1. The first kappa shape index (κ1) is 19.4. The molecule has 1 atom stereocenters. The molecule has 1 fully saturated rings. The van der Waals surface area contributed by atoms with Gasteiger partial charge in [0.05, 0.1) is 31.4 Å². The van der Waals surface area contributed by atoms with Crippen molar-refractivity contribution in [1.29, 1.82) is 0 Å². The van der Waals surface area contributed by atoms with Crippen LogP contribution in [0.25, 0.3) is 0 Å². The molecule has 0 aliphatic carbocycles. The van der Waals surface area contributed by atoms with Crippen LogP contribution in [0.15, 0.2) is 35.5 Å². The van der Waals surface area contributed by atoms with Crippen LogP contribution in [0.4, 0.5) is 4.79 Å². The minimum Gasteiger partial charge on any atom is -0.463 e. The lowest BCUT2D eigenvalue weighted by molar-refractivity contribution is -0.139. The Bertz CT molecular complexity index is 740. The van der Waals surface area contributed by atoms with E-state index in [1.54, 1.807) is 14.0 Å². The van der Waals surface area contributed by atoms with Crippen LogP contribution >= 0.6 is 0 Å². The largest absolute Gasteiger partial charge is 0.463 e. The monoisotopic (exact) mass is 373 g/mol. The van der Waals surface area contributed by atoms with E-state index in [0.717, 1.165) is 24.2 Å². The highest BCUT2D eigenvalue weighted by molar-refractivity contribution is 5.95. The Kier molecular flexibility index (Phi) is 6.13. The molecule has 1 aromatic carbocycles. The van der Waals surface area contributed by atoms with Gasteiger partial charge in [-0.3, -0.25) is 9.80 Å². The van der Waals surface area contributed by atoms with E-state index >= 15 is 0 Å². The van der Waals surface area contributed by atoms with Gasteiger partial charge in [0.15, 0.2) is 0 Å². The van der Waals surface area contributed by atoms with Gasteiger partial charge in [0, 0.05) is 32.4 Å². The van der Waals surface area contributed by atoms with Crippen LogP contribution in [0.3, 0.4) is 0 Å². The Morgan fingerprint density at radius 1 is 1.33 bits per heavy atom. The lowest BCUT2D eigenvalue weighted by atomic mass is 9.93. The second-order valence-corrected chi connectivity index (χ2v) is 6.83. The smallest absolute Gasteiger partial charge is 0.338 e. The molecule has 7 nitrogen and oxygen atoms in total. The zero-order valence-electron chi connectivity index (χ0n) is 16.2. The van der Waals surface area contributed by atoms with Crippen molar-refractivity contribution in [3.63, 3.8) is 0 Å². The van der Waals surface area contributed by atoms with Crippen LogP contribution in [0.1, 0.15) is 24.1 Å². The summed E-state index contributed by atoms with van der Waals surface area (Å²) < 4.78 is 10.8. The Labute approximate surface area is 159 Å². The number of likely N-dealkylation sites (N-methyl/N-ethyl adjacent to an activating group) is 1. The number of morpholine rings is 1. The Balaban J connectivity index is 2.04. The molecule has 2 amide bonds. The standard InChI is InChI=1S/C20H27N3O4/c1-4-27-19(24)17-16(13-23-8-10-26-11-9-23)22(3)20(25)21-18(17)15-7-5-6-14(2)12-15/h5-7,12,18H,4,8-11,13H2,1-3H3,(H,21,25). The molecule has 2 aliphatic rings. The summed E-state index contributed by atoms with van der Waals surface area (Å²) in [4.78, 5) is 29.2. The molecule has 27 heavy (non-hydrogen) atoms. The minimum atomic E-state index is -0.524. The van der Waals surface area contributed by atoms with Crippen molar-refractivity contribution in [1.82, 2.24) is 15.1 Å². The van der Waals surface area contributed by atoms with Crippen LogP contribution in [0.5, 0.6) is 0 Å². The van der Waals surface area contributed by atoms with Gasteiger partial charge >= 0.3 is 12.0 Å². The molecular weight excluding hydrogens is 346 g/mol. The summed E-state index contributed by atoms with van der Waals surface area (Å²) in [6.07, 6.45) is 0. The Morgan fingerprint density at radius 3 is 2.74 bits per heavy atom. The van der Waals surface area contributed by atoms with Gasteiger partial charge < -0.3 is 14.8 Å². The molecule has 3 rings (SSSR count). The molecule has 1 saturated heterocycles. The summed E-state index contributed by atoms with van der Waals surface area (Å²) in [6, 6.07) is 7.08. The second kappa shape index (κ2) is 8.54.